The summed E-state index contributed by atoms with van der Waals surface area (Å²) in [5.41, 5.74) is 11.0. The van der Waals surface area contributed by atoms with Gasteiger partial charge in [-0.3, -0.25) is 0 Å². The molecule has 2 N–H and O–H groups in total. The fourth-order valence-electron chi connectivity index (χ4n) is 3.19. The van der Waals surface area contributed by atoms with Crippen LogP contribution in [-0.2, 0) is 13.5 Å². The van der Waals surface area contributed by atoms with Crippen LogP contribution in [0.2, 0.25) is 0 Å². The highest BCUT2D eigenvalue weighted by atomic mass is 15.1. The maximum absolute atomic E-state index is 6.27. The van der Waals surface area contributed by atoms with Gasteiger partial charge in [0.15, 0.2) is 0 Å². The topological polar surface area (TPSA) is 47.1 Å². The number of rotatable bonds is 2. The zero-order valence-corrected chi connectivity index (χ0v) is 13.3. The van der Waals surface area contributed by atoms with Crippen molar-refractivity contribution in [2.45, 2.75) is 32.6 Å². The molecule has 0 atom stereocenters. The Bertz CT molecular complexity index is 670. The molecule has 4 nitrogen and oxygen atoms in total. The molecule has 1 aromatic heterocycles. The lowest BCUT2D eigenvalue weighted by molar-refractivity contribution is 0.715. The molecule has 0 saturated carbocycles. The number of nitrogen functional groups attached to an aromatic ring is 1. The van der Waals surface area contributed by atoms with Crippen molar-refractivity contribution in [3.8, 4) is 11.3 Å². The maximum atomic E-state index is 6.27. The second-order valence-corrected chi connectivity index (χ2v) is 6.29. The third kappa shape index (κ3) is 2.28. The van der Waals surface area contributed by atoms with Gasteiger partial charge < -0.3 is 15.2 Å². The molecular weight excluding hydrogens is 260 g/mol. The molecule has 2 aromatic rings. The summed E-state index contributed by atoms with van der Waals surface area (Å²) >= 11 is 0. The molecule has 0 saturated heterocycles. The van der Waals surface area contributed by atoms with Gasteiger partial charge in [0.05, 0.1) is 0 Å². The van der Waals surface area contributed by atoms with E-state index in [-0.39, 0.29) is 0 Å². The molecule has 0 aliphatic carbocycles. The van der Waals surface area contributed by atoms with Crippen LogP contribution in [0.25, 0.3) is 11.3 Å². The average molecular weight is 284 g/mol. The van der Waals surface area contributed by atoms with Crippen LogP contribution in [0.5, 0.6) is 0 Å². The lowest BCUT2D eigenvalue weighted by atomic mass is 9.98. The lowest BCUT2D eigenvalue weighted by Gasteiger charge is -2.27. The molecule has 1 aliphatic heterocycles. The van der Waals surface area contributed by atoms with Crippen LogP contribution >= 0.6 is 0 Å². The molecule has 112 valence electrons. The third-order valence-electron chi connectivity index (χ3n) is 4.39. The number of nitrogens with zero attached hydrogens (tertiary/aromatic N) is 3. The highest BCUT2D eigenvalue weighted by molar-refractivity contribution is 5.74. The van der Waals surface area contributed by atoms with Gasteiger partial charge in [-0.1, -0.05) is 19.9 Å². The summed E-state index contributed by atoms with van der Waals surface area (Å²) in [5, 5.41) is 0. The minimum atomic E-state index is 0.370. The molecule has 0 amide bonds. The lowest BCUT2D eigenvalue weighted by Crippen LogP contribution is -2.24. The zero-order chi connectivity index (χ0) is 15.1. The summed E-state index contributed by atoms with van der Waals surface area (Å²) in [6.07, 6.45) is 2.35. The third-order valence-corrected chi connectivity index (χ3v) is 4.39. The number of anilines is 2. The van der Waals surface area contributed by atoms with E-state index in [0.717, 1.165) is 35.9 Å². The van der Waals surface area contributed by atoms with E-state index in [1.54, 1.807) is 0 Å². The molecule has 3 rings (SSSR count). The Kier molecular flexibility index (Phi) is 3.40. The van der Waals surface area contributed by atoms with E-state index in [2.05, 4.69) is 44.0 Å². The fraction of sp³-hybridized carbons (Fsp3) is 0.471. The van der Waals surface area contributed by atoms with Crippen LogP contribution in [0, 0.1) is 0 Å². The molecule has 0 spiro atoms. The van der Waals surface area contributed by atoms with Gasteiger partial charge in [0.1, 0.15) is 17.3 Å². The van der Waals surface area contributed by atoms with Crippen molar-refractivity contribution in [3.63, 3.8) is 0 Å². The summed E-state index contributed by atoms with van der Waals surface area (Å²) < 4.78 is 2.01. The number of fused-ring (bicyclic) bond motifs is 1. The van der Waals surface area contributed by atoms with Crippen LogP contribution in [0.1, 0.15) is 37.6 Å². The smallest absolute Gasteiger partial charge is 0.131 e. The van der Waals surface area contributed by atoms with E-state index in [1.807, 2.05) is 11.6 Å². The van der Waals surface area contributed by atoms with E-state index >= 15 is 0 Å². The van der Waals surface area contributed by atoms with Gasteiger partial charge in [0.25, 0.3) is 0 Å². The normalized spacial score (nSPS) is 14.6. The van der Waals surface area contributed by atoms with Crippen molar-refractivity contribution >= 4 is 11.5 Å². The molecule has 1 aliphatic rings. The van der Waals surface area contributed by atoms with Crippen molar-refractivity contribution in [1.29, 1.82) is 0 Å². The predicted molar refractivity (Wildman–Crippen MR) is 88.7 cm³/mol. The average Bonchev–Trinajstić information content (AvgIpc) is 2.75. The van der Waals surface area contributed by atoms with Gasteiger partial charge in [-0.05, 0) is 30.5 Å². The van der Waals surface area contributed by atoms with Crippen LogP contribution in [0.15, 0.2) is 18.2 Å². The number of hydrogen-bond donors (Lipinski definition) is 1. The Morgan fingerprint density at radius 2 is 2.00 bits per heavy atom. The van der Waals surface area contributed by atoms with Crippen molar-refractivity contribution in [2.24, 2.45) is 7.05 Å². The van der Waals surface area contributed by atoms with E-state index in [9.17, 15) is 0 Å². The zero-order valence-electron chi connectivity index (χ0n) is 13.3. The molecule has 0 radical (unpaired) electrons. The maximum Gasteiger partial charge on any atom is 0.131 e. The van der Waals surface area contributed by atoms with Crippen LogP contribution in [-0.4, -0.2) is 23.1 Å². The number of nitrogens with two attached hydrogens (primary N) is 1. The number of hydrogen-bond acceptors (Lipinski definition) is 3. The number of benzene rings is 1. The second kappa shape index (κ2) is 5.10. The van der Waals surface area contributed by atoms with Gasteiger partial charge in [-0.15, -0.1) is 0 Å². The van der Waals surface area contributed by atoms with Gasteiger partial charge in [0, 0.05) is 37.8 Å². The molecular formula is C17H24N4. The highest BCUT2D eigenvalue weighted by Crippen LogP contribution is 2.33. The molecule has 2 heterocycles. The first-order valence-corrected chi connectivity index (χ1v) is 7.65. The summed E-state index contributed by atoms with van der Waals surface area (Å²) in [5.74, 6) is 2.16. The standard InChI is InChI=1S/C17H24N4/c1-11(2)17-19-15(16(18)21(17)4)13-7-8-14-12(10-13)6-5-9-20(14)3/h7-8,10-11H,5-6,9,18H2,1-4H3. The summed E-state index contributed by atoms with van der Waals surface area (Å²) in [4.78, 5) is 7.09. The van der Waals surface area contributed by atoms with Crippen molar-refractivity contribution in [3.05, 3.63) is 29.6 Å². The monoisotopic (exact) mass is 284 g/mol. The van der Waals surface area contributed by atoms with Crippen molar-refractivity contribution in [1.82, 2.24) is 9.55 Å². The quantitative estimate of drug-likeness (QED) is 0.921. The molecule has 21 heavy (non-hydrogen) atoms. The number of aromatic nitrogens is 2. The number of aryl methyl sites for hydroxylation is 1. The van der Waals surface area contributed by atoms with Crippen molar-refractivity contribution < 1.29 is 0 Å². The van der Waals surface area contributed by atoms with Gasteiger partial charge >= 0.3 is 0 Å². The molecule has 4 heteroatoms. The first kappa shape index (κ1) is 14.0. The summed E-state index contributed by atoms with van der Waals surface area (Å²) in [6.45, 7) is 5.43. The van der Waals surface area contributed by atoms with E-state index < -0.39 is 0 Å². The van der Waals surface area contributed by atoms with Crippen LogP contribution < -0.4 is 10.6 Å². The first-order valence-electron chi connectivity index (χ1n) is 7.65. The Hall–Kier alpha value is -1.97. The highest BCUT2D eigenvalue weighted by Gasteiger charge is 2.19. The Balaban J connectivity index is 2.07. The van der Waals surface area contributed by atoms with Crippen LogP contribution in [0.3, 0.4) is 0 Å². The number of imidazole rings is 1. The largest absolute Gasteiger partial charge is 0.383 e. The Morgan fingerprint density at radius 3 is 2.67 bits per heavy atom. The van der Waals surface area contributed by atoms with Gasteiger partial charge in [-0.25, -0.2) is 4.98 Å². The summed E-state index contributed by atoms with van der Waals surface area (Å²) in [6, 6.07) is 6.60. The predicted octanol–water partition coefficient (Wildman–Crippen LogP) is 3.18. The second-order valence-electron chi connectivity index (χ2n) is 6.29. The van der Waals surface area contributed by atoms with Gasteiger partial charge in [-0.2, -0.15) is 0 Å². The fourth-order valence-corrected chi connectivity index (χ4v) is 3.19. The first-order chi connectivity index (χ1) is 9.99. The molecule has 0 bridgehead atoms. The minimum absolute atomic E-state index is 0.370. The van der Waals surface area contributed by atoms with E-state index in [0.29, 0.717) is 5.92 Å². The Labute approximate surface area is 126 Å². The van der Waals surface area contributed by atoms with E-state index in [4.69, 9.17) is 10.7 Å². The Morgan fingerprint density at radius 1 is 1.24 bits per heavy atom. The van der Waals surface area contributed by atoms with E-state index in [1.165, 1.54) is 17.7 Å². The summed E-state index contributed by atoms with van der Waals surface area (Å²) in [7, 11) is 4.15. The minimum Gasteiger partial charge on any atom is -0.383 e. The SMILES string of the molecule is CC(C)c1nc(-c2ccc3c(c2)CCCN3C)c(N)n1C. The van der Waals surface area contributed by atoms with Gasteiger partial charge in [0.2, 0.25) is 0 Å². The molecule has 0 fully saturated rings. The molecule has 0 unspecified atom stereocenters. The molecule has 1 aromatic carbocycles. The van der Waals surface area contributed by atoms with Crippen LogP contribution in [0.4, 0.5) is 11.5 Å². The van der Waals surface area contributed by atoms with Crippen molar-refractivity contribution in [2.75, 3.05) is 24.2 Å².